The molecule has 7 heteroatoms. The SMILES string of the molecule is COc1ccc(Cc2cc(C(O)CN3CCCCC3)nn2-c2ccc(Cl)cc2Cl)cc1. The summed E-state index contributed by atoms with van der Waals surface area (Å²) >= 11 is 12.6. The van der Waals surface area contributed by atoms with E-state index in [1.54, 1.807) is 19.2 Å². The number of benzene rings is 2. The van der Waals surface area contributed by atoms with Gasteiger partial charge in [0.25, 0.3) is 0 Å². The maximum atomic E-state index is 10.9. The van der Waals surface area contributed by atoms with E-state index in [9.17, 15) is 5.11 Å². The number of β-amino-alcohol motifs (C(OH)–C–C–N with tert-alkyl or cyclic N) is 1. The molecular formula is C24H27Cl2N3O2. The van der Waals surface area contributed by atoms with Gasteiger partial charge in [-0.2, -0.15) is 5.10 Å². The van der Waals surface area contributed by atoms with Gasteiger partial charge < -0.3 is 14.7 Å². The average molecular weight is 460 g/mol. The summed E-state index contributed by atoms with van der Waals surface area (Å²) in [5, 5.41) is 16.8. The Hall–Kier alpha value is -2.05. The molecule has 164 valence electrons. The smallest absolute Gasteiger partial charge is 0.118 e. The van der Waals surface area contributed by atoms with Crippen LogP contribution in [-0.2, 0) is 6.42 Å². The lowest BCUT2D eigenvalue weighted by atomic mass is 10.1. The average Bonchev–Trinajstić information content (AvgIpc) is 3.18. The quantitative estimate of drug-likeness (QED) is 0.520. The third-order valence-electron chi connectivity index (χ3n) is 5.71. The molecule has 0 spiro atoms. The number of aliphatic hydroxyl groups excluding tert-OH is 1. The van der Waals surface area contributed by atoms with Crippen molar-refractivity contribution in [1.82, 2.24) is 14.7 Å². The number of halogens is 2. The van der Waals surface area contributed by atoms with Gasteiger partial charge in [-0.1, -0.05) is 41.8 Å². The molecule has 1 aliphatic heterocycles. The first kappa shape index (κ1) is 22.2. The fourth-order valence-electron chi connectivity index (χ4n) is 4.02. The van der Waals surface area contributed by atoms with Gasteiger partial charge in [0.2, 0.25) is 0 Å². The lowest BCUT2D eigenvalue weighted by molar-refractivity contribution is 0.0982. The third kappa shape index (κ3) is 5.42. The molecule has 31 heavy (non-hydrogen) atoms. The highest BCUT2D eigenvalue weighted by atomic mass is 35.5. The van der Waals surface area contributed by atoms with Crippen LogP contribution in [0.4, 0.5) is 0 Å². The molecule has 4 rings (SSSR count). The summed E-state index contributed by atoms with van der Waals surface area (Å²) in [5.41, 5.74) is 3.46. The Morgan fingerprint density at radius 2 is 1.77 bits per heavy atom. The second-order valence-corrected chi connectivity index (χ2v) is 8.81. The number of ether oxygens (including phenoxy) is 1. The van der Waals surface area contributed by atoms with Gasteiger partial charge in [0.1, 0.15) is 11.9 Å². The minimum absolute atomic E-state index is 0.517. The highest BCUT2D eigenvalue weighted by Crippen LogP contribution is 2.28. The Bertz CT molecular complexity index is 1010. The van der Waals surface area contributed by atoms with Crippen molar-refractivity contribution in [2.45, 2.75) is 31.8 Å². The Morgan fingerprint density at radius 1 is 1.03 bits per heavy atom. The minimum atomic E-state index is -0.653. The van der Waals surface area contributed by atoms with E-state index in [0.717, 1.165) is 35.8 Å². The fourth-order valence-corrected chi connectivity index (χ4v) is 4.51. The number of aliphatic hydroxyl groups is 1. The van der Waals surface area contributed by atoms with Crippen LogP contribution in [0.1, 0.15) is 42.3 Å². The maximum absolute atomic E-state index is 10.9. The Balaban J connectivity index is 1.65. The lowest BCUT2D eigenvalue weighted by Gasteiger charge is -2.27. The summed E-state index contributed by atoms with van der Waals surface area (Å²) < 4.78 is 7.08. The molecule has 5 nitrogen and oxygen atoms in total. The largest absolute Gasteiger partial charge is 0.497 e. The van der Waals surface area contributed by atoms with Crippen LogP contribution in [-0.4, -0.2) is 46.5 Å². The van der Waals surface area contributed by atoms with Crippen LogP contribution in [0, 0.1) is 0 Å². The van der Waals surface area contributed by atoms with Crippen LogP contribution >= 0.6 is 23.2 Å². The second-order valence-electron chi connectivity index (χ2n) is 7.97. The van der Waals surface area contributed by atoms with Crippen molar-refractivity contribution >= 4 is 23.2 Å². The van der Waals surface area contributed by atoms with Crippen LogP contribution in [0.3, 0.4) is 0 Å². The molecule has 1 N–H and O–H groups in total. The molecule has 1 saturated heterocycles. The molecule has 0 bridgehead atoms. The molecular weight excluding hydrogens is 433 g/mol. The molecule has 1 atom stereocenters. The van der Waals surface area contributed by atoms with E-state index in [0.29, 0.717) is 28.7 Å². The van der Waals surface area contributed by atoms with Gasteiger partial charge in [-0.15, -0.1) is 0 Å². The van der Waals surface area contributed by atoms with Crippen molar-refractivity contribution in [3.05, 3.63) is 75.5 Å². The van der Waals surface area contributed by atoms with Gasteiger partial charge in [-0.05, 0) is 67.9 Å². The molecule has 3 aromatic rings. The molecule has 2 heterocycles. The van der Waals surface area contributed by atoms with Crippen LogP contribution in [0.2, 0.25) is 10.0 Å². The van der Waals surface area contributed by atoms with Crippen molar-refractivity contribution in [1.29, 1.82) is 0 Å². The van der Waals surface area contributed by atoms with E-state index in [4.69, 9.17) is 33.0 Å². The van der Waals surface area contributed by atoms with Gasteiger partial charge in [0, 0.05) is 23.7 Å². The summed E-state index contributed by atoms with van der Waals surface area (Å²) in [6.07, 6.45) is 3.63. The first-order valence-corrected chi connectivity index (χ1v) is 11.4. The normalized spacial score (nSPS) is 15.7. The summed E-state index contributed by atoms with van der Waals surface area (Å²) in [7, 11) is 1.66. The molecule has 2 aromatic carbocycles. The molecule has 1 aliphatic rings. The van der Waals surface area contributed by atoms with Crippen molar-refractivity contribution < 1.29 is 9.84 Å². The van der Waals surface area contributed by atoms with E-state index in [1.165, 1.54) is 19.3 Å². The zero-order valence-electron chi connectivity index (χ0n) is 17.6. The summed E-state index contributed by atoms with van der Waals surface area (Å²) in [6.45, 7) is 2.65. The number of piperidine rings is 1. The van der Waals surface area contributed by atoms with E-state index in [-0.39, 0.29) is 0 Å². The van der Waals surface area contributed by atoms with Gasteiger partial charge in [-0.3, -0.25) is 0 Å². The van der Waals surface area contributed by atoms with Crippen molar-refractivity contribution in [2.75, 3.05) is 26.7 Å². The first-order valence-electron chi connectivity index (χ1n) is 10.6. The van der Waals surface area contributed by atoms with Gasteiger partial charge in [0.15, 0.2) is 0 Å². The van der Waals surface area contributed by atoms with Crippen LogP contribution < -0.4 is 4.74 Å². The lowest BCUT2D eigenvalue weighted by Crippen LogP contribution is -2.33. The predicted molar refractivity (Wildman–Crippen MR) is 125 cm³/mol. The predicted octanol–water partition coefficient (Wildman–Crippen LogP) is 5.30. The van der Waals surface area contributed by atoms with Crippen molar-refractivity contribution in [3.8, 4) is 11.4 Å². The van der Waals surface area contributed by atoms with E-state index in [2.05, 4.69) is 4.90 Å². The molecule has 0 aliphatic carbocycles. The number of hydrogen-bond donors (Lipinski definition) is 1. The standard InChI is InChI=1S/C24H27Cl2N3O2/c1-31-20-8-5-17(6-9-20)13-19-15-22(24(30)16-28-11-3-2-4-12-28)27-29(19)23-10-7-18(25)14-21(23)26/h5-10,14-15,24,30H,2-4,11-13,16H2,1H3. The van der Waals surface area contributed by atoms with Crippen LogP contribution in [0.15, 0.2) is 48.5 Å². The summed E-state index contributed by atoms with van der Waals surface area (Å²) in [5.74, 6) is 0.815. The van der Waals surface area contributed by atoms with Crippen molar-refractivity contribution in [3.63, 3.8) is 0 Å². The Labute approximate surface area is 193 Å². The van der Waals surface area contributed by atoms with Crippen LogP contribution in [0.5, 0.6) is 5.75 Å². The van der Waals surface area contributed by atoms with Gasteiger partial charge in [-0.25, -0.2) is 4.68 Å². The molecule has 0 radical (unpaired) electrons. The van der Waals surface area contributed by atoms with Gasteiger partial charge in [0.05, 0.1) is 23.5 Å². The molecule has 0 saturated carbocycles. The number of methoxy groups -OCH3 is 1. The van der Waals surface area contributed by atoms with E-state index < -0.39 is 6.10 Å². The first-order chi connectivity index (χ1) is 15.0. The van der Waals surface area contributed by atoms with E-state index in [1.807, 2.05) is 41.1 Å². The molecule has 1 aromatic heterocycles. The third-order valence-corrected chi connectivity index (χ3v) is 6.24. The summed E-state index contributed by atoms with van der Waals surface area (Å²) in [4.78, 5) is 2.31. The number of likely N-dealkylation sites (tertiary alicyclic amines) is 1. The van der Waals surface area contributed by atoms with Gasteiger partial charge >= 0.3 is 0 Å². The topological polar surface area (TPSA) is 50.5 Å². The number of aromatic nitrogens is 2. The number of hydrogen-bond acceptors (Lipinski definition) is 4. The van der Waals surface area contributed by atoms with Crippen molar-refractivity contribution in [2.24, 2.45) is 0 Å². The molecule has 1 fully saturated rings. The number of nitrogens with zero attached hydrogens (tertiary/aromatic N) is 3. The number of rotatable bonds is 7. The zero-order valence-corrected chi connectivity index (χ0v) is 19.1. The minimum Gasteiger partial charge on any atom is -0.497 e. The molecule has 1 unspecified atom stereocenters. The Kier molecular flexibility index (Phi) is 7.18. The fraction of sp³-hybridized carbons (Fsp3) is 0.375. The highest BCUT2D eigenvalue weighted by Gasteiger charge is 2.21. The molecule has 0 amide bonds. The zero-order chi connectivity index (χ0) is 21.8. The monoisotopic (exact) mass is 459 g/mol. The van der Waals surface area contributed by atoms with E-state index >= 15 is 0 Å². The van der Waals surface area contributed by atoms with Crippen LogP contribution in [0.25, 0.3) is 5.69 Å². The highest BCUT2D eigenvalue weighted by molar-refractivity contribution is 6.35. The second kappa shape index (κ2) is 10.0. The summed E-state index contributed by atoms with van der Waals surface area (Å²) in [6, 6.07) is 15.3. The Morgan fingerprint density at radius 3 is 2.45 bits per heavy atom. The maximum Gasteiger partial charge on any atom is 0.118 e.